The molecule has 0 spiro atoms. The number of esters is 2. The van der Waals surface area contributed by atoms with E-state index >= 15 is 0 Å². The van der Waals surface area contributed by atoms with Crippen molar-refractivity contribution in [2.45, 2.75) is 112 Å². The highest BCUT2D eigenvalue weighted by Crippen LogP contribution is 2.33. The third kappa shape index (κ3) is 14.7. The van der Waals surface area contributed by atoms with Crippen molar-refractivity contribution in [1.29, 1.82) is 0 Å². The molecular weight excluding hydrogens is 416 g/mol. The molecule has 188 valence electrons. The molecule has 33 heavy (non-hydrogen) atoms. The summed E-state index contributed by atoms with van der Waals surface area (Å²) in [4.78, 5) is 24.7. The van der Waals surface area contributed by atoms with Crippen LogP contribution >= 0.6 is 0 Å². The first-order valence-corrected chi connectivity index (χ1v) is 13.0. The Morgan fingerprint density at radius 1 is 0.727 bits per heavy atom. The van der Waals surface area contributed by atoms with Crippen LogP contribution in [0.1, 0.15) is 112 Å². The minimum atomic E-state index is -0.319. The van der Waals surface area contributed by atoms with E-state index in [9.17, 15) is 9.59 Å². The van der Waals surface area contributed by atoms with Crippen molar-refractivity contribution < 1.29 is 23.8 Å². The summed E-state index contributed by atoms with van der Waals surface area (Å²) in [6.45, 7) is 11.4. The van der Waals surface area contributed by atoms with Gasteiger partial charge in [0, 0.05) is 18.9 Å². The number of rotatable bonds is 18. The zero-order chi connectivity index (χ0) is 24.5. The highest BCUT2D eigenvalue weighted by molar-refractivity contribution is 5.76. The maximum atomic E-state index is 12.4. The molecule has 1 rings (SSSR count). The van der Waals surface area contributed by atoms with Crippen LogP contribution in [-0.4, -0.2) is 18.5 Å². The Morgan fingerprint density at radius 3 is 1.85 bits per heavy atom. The zero-order valence-corrected chi connectivity index (χ0v) is 21.6. The fourth-order valence-electron chi connectivity index (χ4n) is 3.47. The third-order valence-electron chi connectivity index (χ3n) is 5.45. The molecule has 0 aromatic heterocycles. The van der Waals surface area contributed by atoms with Gasteiger partial charge in [0.15, 0.2) is 11.5 Å². The number of hydrogen-bond donors (Lipinski definition) is 0. The molecular formula is C28H46O5. The van der Waals surface area contributed by atoms with Crippen molar-refractivity contribution in [2.24, 2.45) is 11.8 Å². The minimum Gasteiger partial charge on any atom is -0.493 e. The second-order valence-electron chi connectivity index (χ2n) is 9.75. The summed E-state index contributed by atoms with van der Waals surface area (Å²) < 4.78 is 17.0. The maximum Gasteiger partial charge on any atom is 0.311 e. The van der Waals surface area contributed by atoms with E-state index in [4.69, 9.17) is 14.2 Å². The molecule has 0 unspecified atom stereocenters. The molecule has 5 heteroatoms. The lowest BCUT2D eigenvalue weighted by molar-refractivity contribution is -0.137. The summed E-state index contributed by atoms with van der Waals surface area (Å²) in [5.41, 5.74) is 0. The molecule has 0 radical (unpaired) electrons. The van der Waals surface area contributed by atoms with Gasteiger partial charge < -0.3 is 14.2 Å². The fraction of sp³-hybridized carbons (Fsp3) is 0.714. The summed E-state index contributed by atoms with van der Waals surface area (Å²) in [5, 5.41) is 0. The Balaban J connectivity index is 2.70. The number of benzene rings is 1. The van der Waals surface area contributed by atoms with Crippen molar-refractivity contribution in [1.82, 2.24) is 0 Å². The SMILES string of the molecule is CCCCCCCCOc1ccc(OC(=O)CCCC(C)C)c(OC(=O)CCCC(C)C)c1. The Hall–Kier alpha value is -2.04. The van der Waals surface area contributed by atoms with E-state index in [2.05, 4.69) is 34.6 Å². The largest absolute Gasteiger partial charge is 0.493 e. The van der Waals surface area contributed by atoms with Crippen LogP contribution in [0.3, 0.4) is 0 Å². The average Bonchev–Trinajstić information content (AvgIpc) is 2.74. The fourth-order valence-corrected chi connectivity index (χ4v) is 3.47. The van der Waals surface area contributed by atoms with Crippen LogP contribution in [0.4, 0.5) is 0 Å². The van der Waals surface area contributed by atoms with E-state index in [1.54, 1.807) is 18.2 Å². The highest BCUT2D eigenvalue weighted by Gasteiger charge is 2.16. The molecule has 0 amide bonds. The molecule has 0 aliphatic heterocycles. The lowest BCUT2D eigenvalue weighted by Gasteiger charge is -2.13. The van der Waals surface area contributed by atoms with Gasteiger partial charge in [0.1, 0.15) is 5.75 Å². The molecule has 1 aromatic rings. The molecule has 0 aliphatic rings. The topological polar surface area (TPSA) is 61.8 Å². The van der Waals surface area contributed by atoms with Gasteiger partial charge in [-0.15, -0.1) is 0 Å². The van der Waals surface area contributed by atoms with Gasteiger partial charge in [0.2, 0.25) is 0 Å². The first-order chi connectivity index (χ1) is 15.8. The van der Waals surface area contributed by atoms with Crippen molar-refractivity contribution in [3.05, 3.63) is 18.2 Å². The lowest BCUT2D eigenvalue weighted by atomic mass is 10.1. The summed E-state index contributed by atoms with van der Waals surface area (Å²) in [7, 11) is 0. The number of hydrogen-bond acceptors (Lipinski definition) is 5. The quantitative estimate of drug-likeness (QED) is 0.126. The zero-order valence-electron chi connectivity index (χ0n) is 21.6. The molecule has 1 aromatic carbocycles. The smallest absolute Gasteiger partial charge is 0.311 e. The van der Waals surface area contributed by atoms with Crippen LogP contribution in [0.15, 0.2) is 18.2 Å². The van der Waals surface area contributed by atoms with Crippen LogP contribution < -0.4 is 14.2 Å². The first-order valence-electron chi connectivity index (χ1n) is 13.0. The number of unbranched alkanes of at least 4 members (excludes halogenated alkanes) is 5. The lowest BCUT2D eigenvalue weighted by Crippen LogP contribution is -2.12. The summed E-state index contributed by atoms with van der Waals surface area (Å²) in [6, 6.07) is 5.09. The van der Waals surface area contributed by atoms with Gasteiger partial charge in [-0.3, -0.25) is 9.59 Å². The maximum absolute atomic E-state index is 12.4. The van der Waals surface area contributed by atoms with Gasteiger partial charge in [-0.05, 0) is 43.2 Å². The van der Waals surface area contributed by atoms with E-state index in [1.165, 1.54) is 25.7 Å². The van der Waals surface area contributed by atoms with E-state index in [0.717, 1.165) is 38.5 Å². The summed E-state index contributed by atoms with van der Waals surface area (Å²) in [5.74, 6) is 1.60. The van der Waals surface area contributed by atoms with Gasteiger partial charge in [0.05, 0.1) is 6.61 Å². The minimum absolute atomic E-state index is 0.252. The number of carbonyl (C=O) groups excluding carboxylic acids is 2. The van der Waals surface area contributed by atoms with Gasteiger partial charge in [-0.2, -0.15) is 0 Å². The second-order valence-corrected chi connectivity index (χ2v) is 9.75. The molecule has 0 atom stereocenters. The molecule has 5 nitrogen and oxygen atoms in total. The molecule has 0 saturated heterocycles. The summed E-state index contributed by atoms with van der Waals surface area (Å²) in [6.07, 6.45) is 11.3. The van der Waals surface area contributed by atoms with Crippen LogP contribution in [0.2, 0.25) is 0 Å². The monoisotopic (exact) mass is 462 g/mol. The van der Waals surface area contributed by atoms with Gasteiger partial charge in [-0.25, -0.2) is 0 Å². The predicted molar refractivity (Wildman–Crippen MR) is 134 cm³/mol. The number of ether oxygens (including phenoxy) is 3. The van der Waals surface area contributed by atoms with Crippen LogP contribution in [0.25, 0.3) is 0 Å². The van der Waals surface area contributed by atoms with Crippen LogP contribution in [-0.2, 0) is 9.59 Å². The average molecular weight is 463 g/mol. The summed E-state index contributed by atoms with van der Waals surface area (Å²) >= 11 is 0. The van der Waals surface area contributed by atoms with E-state index in [-0.39, 0.29) is 23.4 Å². The van der Waals surface area contributed by atoms with Gasteiger partial charge in [0.25, 0.3) is 0 Å². The van der Waals surface area contributed by atoms with E-state index in [1.807, 2.05) is 0 Å². The highest BCUT2D eigenvalue weighted by atomic mass is 16.6. The molecule has 0 bridgehead atoms. The standard InChI is InChI=1S/C28H46O5/c1-6-7-8-9-10-11-20-31-24-18-19-25(32-27(29)16-12-14-22(2)3)26(21-24)33-28(30)17-13-15-23(4)5/h18-19,21-23H,6-17,20H2,1-5H3. The van der Waals surface area contributed by atoms with Gasteiger partial charge >= 0.3 is 11.9 Å². The van der Waals surface area contributed by atoms with Gasteiger partial charge in [-0.1, -0.05) is 79.6 Å². The first kappa shape index (κ1) is 29.0. The molecule has 0 fully saturated rings. The Bertz CT molecular complexity index is 681. The van der Waals surface area contributed by atoms with Crippen molar-refractivity contribution >= 4 is 11.9 Å². The van der Waals surface area contributed by atoms with E-state index < -0.39 is 0 Å². The normalized spacial score (nSPS) is 11.1. The Kier molecular flexibility index (Phi) is 15.3. The second kappa shape index (κ2) is 17.4. The number of carbonyl (C=O) groups is 2. The van der Waals surface area contributed by atoms with Crippen LogP contribution in [0.5, 0.6) is 17.2 Å². The third-order valence-corrected chi connectivity index (χ3v) is 5.45. The Morgan fingerprint density at radius 2 is 1.27 bits per heavy atom. The molecule has 0 N–H and O–H groups in total. The van der Waals surface area contributed by atoms with Crippen molar-refractivity contribution in [3.63, 3.8) is 0 Å². The molecule has 0 saturated carbocycles. The van der Waals surface area contributed by atoms with Crippen molar-refractivity contribution in [2.75, 3.05) is 6.61 Å². The molecule has 0 heterocycles. The predicted octanol–water partition coefficient (Wildman–Crippen LogP) is 7.89. The van der Waals surface area contributed by atoms with E-state index in [0.29, 0.717) is 37.0 Å². The molecule has 0 aliphatic carbocycles. The van der Waals surface area contributed by atoms with Crippen molar-refractivity contribution in [3.8, 4) is 17.2 Å². The van der Waals surface area contributed by atoms with Crippen LogP contribution in [0, 0.1) is 11.8 Å². The Labute approximate surface area is 201 Å².